The van der Waals surface area contributed by atoms with E-state index in [0.717, 1.165) is 12.0 Å². The zero-order valence-electron chi connectivity index (χ0n) is 21.9. The molecule has 0 saturated carbocycles. The van der Waals surface area contributed by atoms with Crippen molar-refractivity contribution < 1.29 is 24.1 Å². The lowest BCUT2D eigenvalue weighted by Crippen LogP contribution is -2.49. The van der Waals surface area contributed by atoms with Crippen LogP contribution < -0.4 is 24.5 Å². The second-order valence-corrected chi connectivity index (χ2v) is 10.2. The SMILES string of the molecule is COc1ccc(C23Oc4cc(OC)cc(OC)c4C2(O)c2nc4n(c(=O)c2C3c2ccccc2)CCC4)cc1. The Morgan fingerprint density at radius 1 is 0.974 bits per heavy atom. The molecule has 8 heteroatoms. The molecule has 4 aromatic rings. The highest BCUT2D eigenvalue weighted by Gasteiger charge is 2.74. The van der Waals surface area contributed by atoms with Crippen LogP contribution in [0, 0.1) is 0 Å². The van der Waals surface area contributed by atoms with Crippen LogP contribution in [0.5, 0.6) is 23.0 Å². The standard InChI is InChI=1S/C31H28N2O6/c1-36-20-13-11-19(12-14-20)31-26(18-8-5-4-6-9-18)25-28(32-24-10-7-15-33(24)29(25)34)30(31,35)27-22(38-3)16-21(37-2)17-23(27)39-31/h4-6,8-9,11-14,16-17,26,35H,7,10,15H2,1-3H3. The number of benzene rings is 3. The molecule has 8 nitrogen and oxygen atoms in total. The van der Waals surface area contributed by atoms with Crippen molar-refractivity contribution in [2.24, 2.45) is 0 Å². The fraction of sp³-hybridized carbons (Fsp3) is 0.290. The van der Waals surface area contributed by atoms with Gasteiger partial charge in [-0.05, 0) is 24.1 Å². The van der Waals surface area contributed by atoms with Crippen molar-refractivity contribution in [2.75, 3.05) is 21.3 Å². The molecule has 0 bridgehead atoms. The van der Waals surface area contributed by atoms with E-state index in [-0.39, 0.29) is 5.56 Å². The molecule has 0 amide bonds. The highest BCUT2D eigenvalue weighted by atomic mass is 16.5. The van der Waals surface area contributed by atoms with Gasteiger partial charge in [-0.3, -0.25) is 9.36 Å². The van der Waals surface area contributed by atoms with Gasteiger partial charge in [0.05, 0.1) is 44.1 Å². The quantitative estimate of drug-likeness (QED) is 0.424. The predicted octanol–water partition coefficient (Wildman–Crippen LogP) is 3.88. The monoisotopic (exact) mass is 524 g/mol. The molecule has 0 spiro atoms. The van der Waals surface area contributed by atoms with Crippen LogP contribution in [0.3, 0.4) is 0 Å². The normalized spacial score (nSPS) is 23.8. The first kappa shape index (κ1) is 23.8. The van der Waals surface area contributed by atoms with Gasteiger partial charge in [-0.2, -0.15) is 0 Å². The number of fused-ring (bicyclic) bond motifs is 6. The maximum atomic E-state index is 14.2. The van der Waals surface area contributed by atoms with Crippen molar-refractivity contribution in [2.45, 2.75) is 36.5 Å². The third-order valence-corrected chi connectivity index (χ3v) is 8.42. The van der Waals surface area contributed by atoms with Crippen LogP contribution >= 0.6 is 0 Å². The molecule has 3 unspecified atom stereocenters. The van der Waals surface area contributed by atoms with Gasteiger partial charge in [0.1, 0.15) is 28.8 Å². The highest BCUT2D eigenvalue weighted by Crippen LogP contribution is 2.69. The fourth-order valence-electron chi connectivity index (χ4n) is 6.77. The van der Waals surface area contributed by atoms with E-state index in [4.69, 9.17) is 23.9 Å². The first-order valence-corrected chi connectivity index (χ1v) is 13.0. The summed E-state index contributed by atoms with van der Waals surface area (Å²) in [5, 5.41) is 13.2. The van der Waals surface area contributed by atoms with Gasteiger partial charge in [0, 0.05) is 30.7 Å². The second-order valence-electron chi connectivity index (χ2n) is 10.2. The van der Waals surface area contributed by atoms with Gasteiger partial charge >= 0.3 is 0 Å². The average Bonchev–Trinajstić information content (AvgIpc) is 3.62. The molecule has 39 heavy (non-hydrogen) atoms. The van der Waals surface area contributed by atoms with Gasteiger partial charge in [-0.25, -0.2) is 4.98 Å². The van der Waals surface area contributed by atoms with E-state index in [1.807, 2.05) is 54.6 Å². The molecule has 1 aromatic heterocycles. The van der Waals surface area contributed by atoms with E-state index in [1.165, 1.54) is 0 Å². The molecule has 0 fully saturated rings. The van der Waals surface area contributed by atoms with Crippen molar-refractivity contribution in [3.05, 3.63) is 111 Å². The van der Waals surface area contributed by atoms with Gasteiger partial charge in [0.2, 0.25) is 0 Å². The molecular formula is C31H28N2O6. The number of nitrogens with zero attached hydrogens (tertiary/aromatic N) is 2. The molecule has 3 heterocycles. The van der Waals surface area contributed by atoms with E-state index < -0.39 is 17.1 Å². The lowest BCUT2D eigenvalue weighted by atomic mass is 9.70. The van der Waals surface area contributed by atoms with Gasteiger partial charge in [0.15, 0.2) is 11.2 Å². The molecule has 3 aromatic carbocycles. The summed E-state index contributed by atoms with van der Waals surface area (Å²) >= 11 is 0. The summed E-state index contributed by atoms with van der Waals surface area (Å²) in [6.07, 6.45) is 1.49. The minimum atomic E-state index is -1.85. The Hall–Kier alpha value is -4.30. The van der Waals surface area contributed by atoms with Crippen molar-refractivity contribution in [1.29, 1.82) is 0 Å². The summed E-state index contributed by atoms with van der Waals surface area (Å²) in [6.45, 7) is 0.599. The van der Waals surface area contributed by atoms with Crippen LogP contribution in [0.25, 0.3) is 0 Å². The highest BCUT2D eigenvalue weighted by molar-refractivity contribution is 5.68. The predicted molar refractivity (Wildman–Crippen MR) is 143 cm³/mol. The third-order valence-electron chi connectivity index (χ3n) is 8.42. The molecule has 2 aliphatic heterocycles. The Bertz CT molecular complexity index is 1670. The molecular weight excluding hydrogens is 496 g/mol. The Balaban J connectivity index is 1.65. The Morgan fingerprint density at radius 2 is 1.72 bits per heavy atom. The van der Waals surface area contributed by atoms with E-state index >= 15 is 0 Å². The number of hydrogen-bond acceptors (Lipinski definition) is 7. The van der Waals surface area contributed by atoms with Crippen molar-refractivity contribution in [3.8, 4) is 23.0 Å². The van der Waals surface area contributed by atoms with Crippen LogP contribution in [-0.2, 0) is 24.2 Å². The maximum absolute atomic E-state index is 14.2. The summed E-state index contributed by atoms with van der Waals surface area (Å²) < 4.78 is 25.5. The molecule has 1 aliphatic carbocycles. The largest absolute Gasteiger partial charge is 0.497 e. The molecule has 7 rings (SSSR count). The second kappa shape index (κ2) is 8.35. The maximum Gasteiger partial charge on any atom is 0.257 e. The number of rotatable bonds is 5. The van der Waals surface area contributed by atoms with Crippen molar-refractivity contribution in [1.82, 2.24) is 9.55 Å². The van der Waals surface area contributed by atoms with Crippen LogP contribution in [0.1, 0.15) is 46.1 Å². The Kier molecular flexibility index (Phi) is 5.09. The summed E-state index contributed by atoms with van der Waals surface area (Å²) in [6, 6.07) is 20.6. The average molecular weight is 525 g/mol. The number of aryl methyl sites for hydroxylation is 1. The first-order chi connectivity index (χ1) is 19.0. The van der Waals surface area contributed by atoms with E-state index in [0.29, 0.717) is 64.2 Å². The summed E-state index contributed by atoms with van der Waals surface area (Å²) in [4.78, 5) is 19.3. The molecule has 0 saturated heterocycles. The summed E-state index contributed by atoms with van der Waals surface area (Å²) in [5.41, 5.74) is -0.762. The summed E-state index contributed by atoms with van der Waals surface area (Å²) in [5.74, 6) is 2.00. The number of aromatic nitrogens is 2. The first-order valence-electron chi connectivity index (χ1n) is 13.0. The lowest BCUT2D eigenvalue weighted by molar-refractivity contribution is -0.0910. The zero-order valence-corrected chi connectivity index (χ0v) is 21.9. The van der Waals surface area contributed by atoms with Crippen molar-refractivity contribution >= 4 is 0 Å². The zero-order chi connectivity index (χ0) is 26.9. The number of methoxy groups -OCH3 is 3. The van der Waals surface area contributed by atoms with Gasteiger partial charge in [0.25, 0.3) is 5.56 Å². The van der Waals surface area contributed by atoms with Crippen LogP contribution in [0.2, 0.25) is 0 Å². The third kappa shape index (κ3) is 2.92. The molecule has 3 atom stereocenters. The molecule has 1 N–H and O–H groups in total. The topological polar surface area (TPSA) is 92.0 Å². The lowest BCUT2D eigenvalue weighted by Gasteiger charge is -2.40. The molecule has 198 valence electrons. The number of hydrogen-bond donors (Lipinski definition) is 1. The van der Waals surface area contributed by atoms with Gasteiger partial charge in [-0.1, -0.05) is 42.5 Å². The Morgan fingerprint density at radius 3 is 2.41 bits per heavy atom. The minimum Gasteiger partial charge on any atom is -0.497 e. The smallest absolute Gasteiger partial charge is 0.257 e. The number of aliphatic hydroxyl groups is 1. The van der Waals surface area contributed by atoms with Crippen LogP contribution in [0.4, 0.5) is 0 Å². The van der Waals surface area contributed by atoms with Gasteiger partial charge < -0.3 is 24.1 Å². The van der Waals surface area contributed by atoms with Gasteiger partial charge in [-0.15, -0.1) is 0 Å². The fourth-order valence-corrected chi connectivity index (χ4v) is 6.77. The Labute approximate surface area is 225 Å². The minimum absolute atomic E-state index is 0.144. The molecule has 0 radical (unpaired) electrons. The van der Waals surface area contributed by atoms with Crippen molar-refractivity contribution in [3.63, 3.8) is 0 Å². The number of ether oxygens (including phenoxy) is 4. The summed E-state index contributed by atoms with van der Waals surface area (Å²) in [7, 11) is 4.72. The van der Waals surface area contributed by atoms with E-state index in [1.54, 1.807) is 38.0 Å². The van der Waals surface area contributed by atoms with E-state index in [9.17, 15) is 9.90 Å². The molecule has 3 aliphatic rings. The van der Waals surface area contributed by atoms with Crippen LogP contribution in [-0.4, -0.2) is 36.0 Å². The van der Waals surface area contributed by atoms with E-state index in [2.05, 4.69) is 0 Å². The van der Waals surface area contributed by atoms with Crippen LogP contribution in [0.15, 0.2) is 71.5 Å².